The fourth-order valence-corrected chi connectivity index (χ4v) is 3.15. The minimum atomic E-state index is -0.347. The van der Waals surface area contributed by atoms with E-state index in [1.807, 2.05) is 12.1 Å². The highest BCUT2D eigenvalue weighted by Crippen LogP contribution is 2.26. The highest BCUT2D eigenvalue weighted by Gasteiger charge is 2.19. The molecule has 3 aromatic rings. The molecule has 1 saturated heterocycles. The number of halogens is 1. The zero-order chi connectivity index (χ0) is 18.8. The maximum atomic E-state index is 13.6. The van der Waals surface area contributed by atoms with Crippen molar-refractivity contribution >= 4 is 11.5 Å². The van der Waals surface area contributed by atoms with Crippen molar-refractivity contribution in [3.63, 3.8) is 0 Å². The molecule has 0 N–H and O–H groups in total. The zero-order valence-electron chi connectivity index (χ0n) is 15.2. The standard InChI is InChI=1S/C19H20FN5O2/c1-13-22-19(27-23-13)14-3-6-18(21-12-14)25-9-7-24(8-10-25)15-4-5-16(20)17(11-15)26-2/h3-6,11-12H,7-10H2,1-2H3. The van der Waals surface area contributed by atoms with Gasteiger partial charge in [0.1, 0.15) is 5.82 Å². The van der Waals surface area contributed by atoms with Crippen molar-refractivity contribution in [2.75, 3.05) is 43.1 Å². The third-order valence-corrected chi connectivity index (χ3v) is 4.63. The van der Waals surface area contributed by atoms with Crippen LogP contribution in [0.2, 0.25) is 0 Å². The van der Waals surface area contributed by atoms with Gasteiger partial charge < -0.3 is 19.1 Å². The maximum absolute atomic E-state index is 13.6. The molecular formula is C19H20FN5O2. The first-order chi connectivity index (χ1) is 13.1. The van der Waals surface area contributed by atoms with Crippen LogP contribution in [0.5, 0.6) is 5.75 Å². The van der Waals surface area contributed by atoms with Crippen molar-refractivity contribution in [2.45, 2.75) is 6.92 Å². The van der Waals surface area contributed by atoms with E-state index >= 15 is 0 Å². The van der Waals surface area contributed by atoms with Crippen molar-refractivity contribution in [2.24, 2.45) is 0 Å². The first-order valence-corrected chi connectivity index (χ1v) is 8.74. The molecule has 1 aliphatic heterocycles. The lowest BCUT2D eigenvalue weighted by molar-refractivity contribution is 0.386. The number of piperazine rings is 1. The molecule has 0 bridgehead atoms. The summed E-state index contributed by atoms with van der Waals surface area (Å²) in [6.45, 7) is 5.07. The topological polar surface area (TPSA) is 67.5 Å². The summed E-state index contributed by atoms with van der Waals surface area (Å²) in [5.74, 6) is 1.90. The summed E-state index contributed by atoms with van der Waals surface area (Å²) in [5, 5.41) is 3.80. The second kappa shape index (κ2) is 7.22. The molecule has 27 heavy (non-hydrogen) atoms. The molecule has 3 heterocycles. The molecule has 0 saturated carbocycles. The largest absolute Gasteiger partial charge is 0.494 e. The van der Waals surface area contributed by atoms with Gasteiger partial charge in [0.2, 0.25) is 0 Å². The number of hydrogen-bond donors (Lipinski definition) is 0. The second-order valence-corrected chi connectivity index (χ2v) is 6.34. The van der Waals surface area contributed by atoms with E-state index in [2.05, 4.69) is 24.9 Å². The quantitative estimate of drug-likeness (QED) is 0.700. The highest BCUT2D eigenvalue weighted by molar-refractivity contribution is 5.56. The van der Waals surface area contributed by atoms with Crippen molar-refractivity contribution in [3.05, 3.63) is 48.2 Å². The molecule has 140 valence electrons. The number of anilines is 2. The van der Waals surface area contributed by atoms with E-state index in [-0.39, 0.29) is 11.6 Å². The summed E-state index contributed by atoms with van der Waals surface area (Å²) >= 11 is 0. The summed E-state index contributed by atoms with van der Waals surface area (Å²) in [6.07, 6.45) is 1.75. The fourth-order valence-electron chi connectivity index (χ4n) is 3.15. The van der Waals surface area contributed by atoms with E-state index in [0.717, 1.165) is 43.2 Å². The molecule has 1 aliphatic rings. The summed E-state index contributed by atoms with van der Waals surface area (Å²) in [5.41, 5.74) is 1.76. The molecule has 4 rings (SSSR count). The average Bonchev–Trinajstić information content (AvgIpc) is 3.15. The van der Waals surface area contributed by atoms with E-state index in [1.54, 1.807) is 25.3 Å². The molecule has 0 radical (unpaired) electrons. The van der Waals surface area contributed by atoms with Crippen LogP contribution in [-0.2, 0) is 0 Å². The monoisotopic (exact) mass is 369 g/mol. The van der Waals surface area contributed by atoms with Crippen LogP contribution in [0.15, 0.2) is 41.1 Å². The number of methoxy groups -OCH3 is 1. The van der Waals surface area contributed by atoms with E-state index < -0.39 is 0 Å². The minimum absolute atomic E-state index is 0.267. The van der Waals surface area contributed by atoms with Crippen LogP contribution in [0.4, 0.5) is 15.9 Å². The number of pyridine rings is 1. The van der Waals surface area contributed by atoms with Gasteiger partial charge in [-0.2, -0.15) is 4.98 Å². The minimum Gasteiger partial charge on any atom is -0.494 e. The van der Waals surface area contributed by atoms with E-state index in [1.165, 1.54) is 13.2 Å². The number of ether oxygens (including phenoxy) is 1. The van der Waals surface area contributed by atoms with Gasteiger partial charge in [-0.05, 0) is 31.2 Å². The van der Waals surface area contributed by atoms with E-state index in [9.17, 15) is 4.39 Å². The predicted molar refractivity (Wildman–Crippen MR) is 99.6 cm³/mol. The van der Waals surface area contributed by atoms with Gasteiger partial charge in [0.15, 0.2) is 17.4 Å². The first-order valence-electron chi connectivity index (χ1n) is 8.74. The molecule has 1 fully saturated rings. The van der Waals surface area contributed by atoms with Crippen LogP contribution in [0.25, 0.3) is 11.5 Å². The molecule has 0 aliphatic carbocycles. The third-order valence-electron chi connectivity index (χ3n) is 4.63. The lowest BCUT2D eigenvalue weighted by Crippen LogP contribution is -2.46. The number of rotatable bonds is 4. The van der Waals surface area contributed by atoms with Crippen LogP contribution in [-0.4, -0.2) is 48.4 Å². The van der Waals surface area contributed by atoms with Crippen LogP contribution in [0, 0.1) is 12.7 Å². The molecule has 1 aromatic carbocycles. The summed E-state index contributed by atoms with van der Waals surface area (Å²) < 4.78 is 23.8. The predicted octanol–water partition coefficient (Wildman–Crippen LogP) is 2.91. The Morgan fingerprint density at radius 3 is 2.48 bits per heavy atom. The molecule has 0 unspecified atom stereocenters. The molecule has 0 atom stereocenters. The molecule has 8 heteroatoms. The normalized spacial score (nSPS) is 14.5. The van der Waals surface area contributed by atoms with Gasteiger partial charge in [-0.3, -0.25) is 0 Å². The Labute approximate surface area is 156 Å². The Hall–Kier alpha value is -3.16. The summed E-state index contributed by atoms with van der Waals surface area (Å²) in [4.78, 5) is 13.2. The molecule has 0 spiro atoms. The van der Waals surface area contributed by atoms with Gasteiger partial charge >= 0.3 is 0 Å². The lowest BCUT2D eigenvalue weighted by atomic mass is 10.2. The summed E-state index contributed by atoms with van der Waals surface area (Å²) in [7, 11) is 1.48. The fraction of sp³-hybridized carbons (Fsp3) is 0.316. The third kappa shape index (κ3) is 3.55. The van der Waals surface area contributed by atoms with E-state index in [0.29, 0.717) is 11.7 Å². The highest BCUT2D eigenvalue weighted by atomic mass is 19.1. The van der Waals surface area contributed by atoms with Gasteiger partial charge in [-0.25, -0.2) is 9.37 Å². The maximum Gasteiger partial charge on any atom is 0.259 e. The van der Waals surface area contributed by atoms with Gasteiger partial charge in [0.05, 0.1) is 12.7 Å². The molecule has 7 nitrogen and oxygen atoms in total. The molecular weight excluding hydrogens is 349 g/mol. The van der Waals surface area contributed by atoms with Crippen LogP contribution >= 0.6 is 0 Å². The van der Waals surface area contributed by atoms with Crippen LogP contribution in [0.1, 0.15) is 5.82 Å². The second-order valence-electron chi connectivity index (χ2n) is 6.34. The number of hydrogen-bond acceptors (Lipinski definition) is 7. The van der Waals surface area contributed by atoms with Gasteiger partial charge in [-0.15, -0.1) is 0 Å². The Kier molecular flexibility index (Phi) is 4.62. The molecule has 2 aromatic heterocycles. The molecule has 0 amide bonds. The number of benzene rings is 1. The number of nitrogens with zero attached hydrogens (tertiary/aromatic N) is 5. The SMILES string of the molecule is COc1cc(N2CCN(c3ccc(-c4nc(C)no4)cn3)CC2)ccc1F. The van der Waals surface area contributed by atoms with Gasteiger partial charge in [0.25, 0.3) is 5.89 Å². The smallest absolute Gasteiger partial charge is 0.259 e. The van der Waals surface area contributed by atoms with E-state index in [4.69, 9.17) is 9.26 Å². The first kappa shape index (κ1) is 17.3. The summed E-state index contributed by atoms with van der Waals surface area (Å²) in [6, 6.07) is 8.87. The lowest BCUT2D eigenvalue weighted by Gasteiger charge is -2.36. The van der Waals surface area contributed by atoms with Crippen molar-refractivity contribution in [1.82, 2.24) is 15.1 Å². The Morgan fingerprint density at radius 2 is 1.85 bits per heavy atom. The average molecular weight is 369 g/mol. The zero-order valence-corrected chi connectivity index (χ0v) is 15.2. The Balaban J connectivity index is 1.42. The number of aryl methyl sites for hydroxylation is 1. The Bertz CT molecular complexity index is 920. The Morgan fingerprint density at radius 1 is 1.07 bits per heavy atom. The van der Waals surface area contributed by atoms with Gasteiger partial charge in [0, 0.05) is 44.1 Å². The number of aromatic nitrogens is 3. The van der Waals surface area contributed by atoms with Crippen molar-refractivity contribution in [3.8, 4) is 17.2 Å². The van der Waals surface area contributed by atoms with Crippen LogP contribution in [0.3, 0.4) is 0 Å². The van der Waals surface area contributed by atoms with Crippen molar-refractivity contribution < 1.29 is 13.7 Å². The van der Waals surface area contributed by atoms with Crippen molar-refractivity contribution in [1.29, 1.82) is 0 Å². The van der Waals surface area contributed by atoms with Gasteiger partial charge in [-0.1, -0.05) is 5.16 Å². The van der Waals surface area contributed by atoms with Crippen LogP contribution < -0.4 is 14.5 Å².